The number of nitrogens with two attached hydrogens (primary N) is 1. The molecule has 0 aliphatic carbocycles. The van der Waals surface area contributed by atoms with Crippen molar-refractivity contribution in [3.63, 3.8) is 0 Å². The van der Waals surface area contributed by atoms with E-state index in [1.54, 1.807) is 0 Å². The van der Waals surface area contributed by atoms with Crippen LogP contribution in [-0.2, 0) is 6.42 Å². The standard InChI is InChI=1S/C15H15F2N/c1-2-10-6-8-11(9-7-10)15(18)14-12(16)4-3-5-13(14)17/h3-9,15H,2,18H2,1H3. The van der Waals surface area contributed by atoms with E-state index in [0.717, 1.165) is 6.42 Å². The van der Waals surface area contributed by atoms with E-state index in [1.165, 1.54) is 23.8 Å². The van der Waals surface area contributed by atoms with Gasteiger partial charge in [-0.1, -0.05) is 37.3 Å². The molecule has 2 N–H and O–H groups in total. The number of halogens is 2. The Balaban J connectivity index is 2.38. The third-order valence-electron chi connectivity index (χ3n) is 3.06. The van der Waals surface area contributed by atoms with Crippen LogP contribution in [0.15, 0.2) is 42.5 Å². The van der Waals surface area contributed by atoms with Crippen LogP contribution >= 0.6 is 0 Å². The average Bonchev–Trinajstić information content (AvgIpc) is 2.38. The highest BCUT2D eigenvalue weighted by atomic mass is 19.1. The van der Waals surface area contributed by atoms with Gasteiger partial charge in [-0.05, 0) is 29.7 Å². The maximum atomic E-state index is 13.6. The van der Waals surface area contributed by atoms with Crippen LogP contribution in [0.3, 0.4) is 0 Å². The summed E-state index contributed by atoms with van der Waals surface area (Å²) in [5, 5.41) is 0. The molecule has 0 saturated heterocycles. The lowest BCUT2D eigenvalue weighted by atomic mass is 9.97. The molecule has 1 nitrogen and oxygen atoms in total. The number of hydrogen-bond acceptors (Lipinski definition) is 1. The largest absolute Gasteiger partial charge is 0.320 e. The first-order valence-corrected chi connectivity index (χ1v) is 5.91. The lowest BCUT2D eigenvalue weighted by Gasteiger charge is -2.14. The first-order valence-electron chi connectivity index (χ1n) is 5.91. The van der Waals surface area contributed by atoms with Gasteiger partial charge < -0.3 is 5.73 Å². The summed E-state index contributed by atoms with van der Waals surface area (Å²) in [6.45, 7) is 2.05. The van der Waals surface area contributed by atoms with Crippen molar-refractivity contribution in [2.45, 2.75) is 19.4 Å². The Bertz CT molecular complexity index is 514. The summed E-state index contributed by atoms with van der Waals surface area (Å²) in [6, 6.07) is 10.5. The van der Waals surface area contributed by atoms with E-state index in [0.29, 0.717) is 5.56 Å². The lowest BCUT2D eigenvalue weighted by molar-refractivity contribution is 0.543. The predicted molar refractivity (Wildman–Crippen MR) is 68.2 cm³/mol. The van der Waals surface area contributed by atoms with Crippen molar-refractivity contribution >= 4 is 0 Å². The van der Waals surface area contributed by atoms with E-state index in [-0.39, 0.29) is 5.56 Å². The number of aryl methyl sites for hydroxylation is 1. The topological polar surface area (TPSA) is 26.0 Å². The Hall–Kier alpha value is -1.74. The molecule has 0 radical (unpaired) electrons. The summed E-state index contributed by atoms with van der Waals surface area (Å²) in [7, 11) is 0. The molecule has 0 amide bonds. The second kappa shape index (κ2) is 5.27. The summed E-state index contributed by atoms with van der Waals surface area (Å²) in [5.74, 6) is -1.22. The van der Waals surface area contributed by atoms with Gasteiger partial charge in [0.25, 0.3) is 0 Å². The second-order valence-corrected chi connectivity index (χ2v) is 4.21. The van der Waals surface area contributed by atoms with E-state index in [9.17, 15) is 8.78 Å². The molecule has 0 aliphatic heterocycles. The molecule has 2 rings (SSSR count). The summed E-state index contributed by atoms with van der Waals surface area (Å²) < 4.78 is 27.2. The maximum absolute atomic E-state index is 13.6. The van der Waals surface area contributed by atoms with Crippen molar-refractivity contribution in [2.75, 3.05) is 0 Å². The Labute approximate surface area is 105 Å². The molecule has 18 heavy (non-hydrogen) atoms. The minimum Gasteiger partial charge on any atom is -0.320 e. The van der Waals surface area contributed by atoms with Crippen LogP contribution < -0.4 is 5.73 Å². The van der Waals surface area contributed by atoms with Gasteiger partial charge in [0.2, 0.25) is 0 Å². The van der Waals surface area contributed by atoms with Crippen molar-refractivity contribution in [1.82, 2.24) is 0 Å². The Morgan fingerprint density at radius 2 is 1.56 bits per heavy atom. The van der Waals surface area contributed by atoms with Crippen LogP contribution in [0.2, 0.25) is 0 Å². The molecular formula is C15H15F2N. The summed E-state index contributed by atoms with van der Waals surface area (Å²) >= 11 is 0. The molecule has 0 saturated carbocycles. The van der Waals surface area contributed by atoms with Gasteiger partial charge in [0.05, 0.1) is 6.04 Å². The summed E-state index contributed by atoms with van der Waals surface area (Å²) in [4.78, 5) is 0. The number of hydrogen-bond donors (Lipinski definition) is 1. The SMILES string of the molecule is CCc1ccc(C(N)c2c(F)cccc2F)cc1. The molecule has 94 valence electrons. The van der Waals surface area contributed by atoms with Crippen molar-refractivity contribution in [3.8, 4) is 0 Å². The van der Waals surface area contributed by atoms with E-state index in [1.807, 2.05) is 31.2 Å². The zero-order valence-corrected chi connectivity index (χ0v) is 10.2. The molecule has 0 aromatic heterocycles. The highest BCUT2D eigenvalue weighted by Gasteiger charge is 2.17. The van der Waals surface area contributed by atoms with Crippen LogP contribution in [0.5, 0.6) is 0 Å². The molecule has 2 aromatic carbocycles. The summed E-state index contributed by atoms with van der Waals surface area (Å²) in [6.07, 6.45) is 0.920. The molecule has 0 heterocycles. The van der Waals surface area contributed by atoms with Crippen LogP contribution in [0.25, 0.3) is 0 Å². The third kappa shape index (κ3) is 2.41. The van der Waals surface area contributed by atoms with Gasteiger partial charge in [0, 0.05) is 5.56 Å². The minimum absolute atomic E-state index is 0.0817. The smallest absolute Gasteiger partial charge is 0.131 e. The Kier molecular flexibility index (Phi) is 3.72. The van der Waals surface area contributed by atoms with Gasteiger partial charge in [-0.25, -0.2) is 8.78 Å². The molecule has 1 unspecified atom stereocenters. The molecular weight excluding hydrogens is 232 g/mol. The first kappa shape index (κ1) is 12.7. The zero-order valence-electron chi connectivity index (χ0n) is 10.2. The quantitative estimate of drug-likeness (QED) is 0.881. The first-order chi connectivity index (χ1) is 8.63. The second-order valence-electron chi connectivity index (χ2n) is 4.21. The van der Waals surface area contributed by atoms with Gasteiger partial charge in [-0.2, -0.15) is 0 Å². The number of benzene rings is 2. The Morgan fingerprint density at radius 1 is 1.00 bits per heavy atom. The highest BCUT2D eigenvalue weighted by Crippen LogP contribution is 2.25. The van der Waals surface area contributed by atoms with Crippen LogP contribution in [0.4, 0.5) is 8.78 Å². The van der Waals surface area contributed by atoms with Crippen molar-refractivity contribution in [2.24, 2.45) is 5.73 Å². The predicted octanol–water partition coefficient (Wildman–Crippen LogP) is 3.58. The van der Waals surface area contributed by atoms with E-state index in [2.05, 4.69) is 0 Å². The van der Waals surface area contributed by atoms with E-state index >= 15 is 0 Å². The number of rotatable bonds is 3. The van der Waals surface area contributed by atoms with Gasteiger partial charge >= 0.3 is 0 Å². The van der Waals surface area contributed by atoms with Gasteiger partial charge in [-0.15, -0.1) is 0 Å². The molecule has 0 spiro atoms. The van der Waals surface area contributed by atoms with Crippen molar-refractivity contribution < 1.29 is 8.78 Å². The van der Waals surface area contributed by atoms with Gasteiger partial charge in [-0.3, -0.25) is 0 Å². The zero-order chi connectivity index (χ0) is 13.1. The lowest BCUT2D eigenvalue weighted by Crippen LogP contribution is -2.15. The van der Waals surface area contributed by atoms with Gasteiger partial charge in [0.15, 0.2) is 0 Å². The Morgan fingerprint density at radius 3 is 2.06 bits per heavy atom. The third-order valence-corrected chi connectivity index (χ3v) is 3.06. The molecule has 2 aromatic rings. The molecule has 0 bridgehead atoms. The van der Waals surface area contributed by atoms with Crippen molar-refractivity contribution in [1.29, 1.82) is 0 Å². The van der Waals surface area contributed by atoms with Crippen LogP contribution in [0, 0.1) is 11.6 Å². The van der Waals surface area contributed by atoms with Crippen LogP contribution in [-0.4, -0.2) is 0 Å². The molecule has 3 heteroatoms. The fourth-order valence-electron chi connectivity index (χ4n) is 1.94. The normalized spacial score (nSPS) is 12.4. The average molecular weight is 247 g/mol. The fraction of sp³-hybridized carbons (Fsp3) is 0.200. The minimum atomic E-state index is -0.780. The fourth-order valence-corrected chi connectivity index (χ4v) is 1.94. The van der Waals surface area contributed by atoms with E-state index in [4.69, 9.17) is 5.73 Å². The van der Waals surface area contributed by atoms with E-state index < -0.39 is 17.7 Å². The monoisotopic (exact) mass is 247 g/mol. The highest BCUT2D eigenvalue weighted by molar-refractivity contribution is 5.34. The molecule has 1 atom stereocenters. The molecule has 0 aliphatic rings. The molecule has 0 fully saturated rings. The van der Waals surface area contributed by atoms with Gasteiger partial charge in [0.1, 0.15) is 11.6 Å². The maximum Gasteiger partial charge on any atom is 0.131 e. The summed E-state index contributed by atoms with van der Waals surface area (Å²) in [5.41, 5.74) is 7.72. The van der Waals surface area contributed by atoms with Crippen LogP contribution in [0.1, 0.15) is 29.7 Å². The van der Waals surface area contributed by atoms with Crippen molar-refractivity contribution in [3.05, 3.63) is 70.8 Å².